The molecule has 1 aliphatic carbocycles. The van der Waals surface area contributed by atoms with Crippen molar-refractivity contribution in [3.8, 4) is 0 Å². The molecule has 0 saturated heterocycles. The second-order valence-corrected chi connectivity index (χ2v) is 6.79. The first kappa shape index (κ1) is 19.9. The first-order valence-corrected chi connectivity index (χ1v) is 8.81. The highest BCUT2D eigenvalue weighted by Crippen LogP contribution is 2.44. The number of carbonyl (C=O) groups is 1. The van der Waals surface area contributed by atoms with E-state index in [4.69, 9.17) is 0 Å². The molecule has 2 atom stereocenters. The van der Waals surface area contributed by atoms with E-state index in [-0.39, 0.29) is 5.69 Å². The number of benzene rings is 2. The number of hydrogen-bond donors (Lipinski definition) is 2. The van der Waals surface area contributed by atoms with Crippen molar-refractivity contribution < 1.29 is 19.7 Å². The largest absolute Gasteiger partial charge is 0.481 e. The average Bonchev–Trinajstić information content (AvgIpc) is 3.04. The van der Waals surface area contributed by atoms with Crippen LogP contribution >= 0.6 is 0 Å². The molecule has 0 unspecified atom stereocenters. The van der Waals surface area contributed by atoms with Gasteiger partial charge in [-0.1, -0.05) is 37.3 Å². The molecule has 10 nitrogen and oxygen atoms in total. The smallest absolute Gasteiger partial charge is 0.314 e. The molecule has 0 radical (unpaired) electrons. The predicted octanol–water partition coefficient (Wildman–Crippen LogP) is 3.72. The fourth-order valence-electron chi connectivity index (χ4n) is 3.75. The van der Waals surface area contributed by atoms with Crippen LogP contribution in [0.1, 0.15) is 25.3 Å². The lowest BCUT2D eigenvalue weighted by molar-refractivity contribution is -0.393. The third kappa shape index (κ3) is 3.51. The van der Waals surface area contributed by atoms with Crippen molar-refractivity contribution in [3.63, 3.8) is 0 Å². The summed E-state index contributed by atoms with van der Waals surface area (Å²) in [4.78, 5) is 32.8. The Morgan fingerprint density at radius 2 is 1.86 bits per heavy atom. The number of nitro groups is 2. The minimum Gasteiger partial charge on any atom is -0.481 e. The second kappa shape index (κ2) is 7.66. The van der Waals surface area contributed by atoms with Gasteiger partial charge in [-0.05, 0) is 24.5 Å². The van der Waals surface area contributed by atoms with Crippen LogP contribution in [-0.4, -0.2) is 26.6 Å². The number of hydrazone groups is 1. The van der Waals surface area contributed by atoms with Gasteiger partial charge in [-0.25, -0.2) is 0 Å². The molecule has 1 fully saturated rings. The minimum atomic E-state index is -1.14. The maximum absolute atomic E-state index is 12.2. The van der Waals surface area contributed by atoms with Gasteiger partial charge in [0.15, 0.2) is 0 Å². The average molecular weight is 398 g/mol. The Hall–Kier alpha value is -3.82. The van der Waals surface area contributed by atoms with Gasteiger partial charge in [0.2, 0.25) is 0 Å². The molecule has 0 aromatic heterocycles. The Morgan fingerprint density at radius 3 is 2.45 bits per heavy atom. The number of nitrogens with one attached hydrogen (secondary N) is 1. The Balaban J connectivity index is 1.92. The number of anilines is 1. The highest BCUT2D eigenvalue weighted by molar-refractivity contribution is 5.99. The molecule has 0 spiro atoms. The standard InChI is InChI=1S/C19H18N4O6/c1-12-15(9-10-19(12,18(24)25)13-5-3-2-4-6-13)20-21-16-8-7-14(22(26)27)11-17(16)23(28)29/h2-8,11-12,21H,9-10H2,1H3,(H,24,25)/b20-15-/t12-,19-/m0/s1. The summed E-state index contributed by atoms with van der Waals surface area (Å²) in [6.07, 6.45) is 0.743. The van der Waals surface area contributed by atoms with Gasteiger partial charge in [-0.3, -0.25) is 30.4 Å². The Bertz CT molecular complexity index is 1010. The first-order chi connectivity index (χ1) is 13.8. The lowest BCUT2D eigenvalue weighted by atomic mass is 9.73. The van der Waals surface area contributed by atoms with Crippen LogP contribution in [0.5, 0.6) is 0 Å². The number of non-ortho nitro benzene ring substituents is 1. The summed E-state index contributed by atoms with van der Waals surface area (Å²) in [6.45, 7) is 1.76. The zero-order valence-electron chi connectivity index (χ0n) is 15.4. The van der Waals surface area contributed by atoms with Gasteiger partial charge >= 0.3 is 11.7 Å². The zero-order valence-corrected chi connectivity index (χ0v) is 15.4. The van der Waals surface area contributed by atoms with Crippen molar-refractivity contribution in [2.45, 2.75) is 25.2 Å². The zero-order chi connectivity index (χ0) is 21.2. The van der Waals surface area contributed by atoms with Crippen LogP contribution in [-0.2, 0) is 10.2 Å². The first-order valence-electron chi connectivity index (χ1n) is 8.81. The Kier molecular flexibility index (Phi) is 5.26. The van der Waals surface area contributed by atoms with Gasteiger partial charge in [0.25, 0.3) is 5.69 Å². The molecule has 1 saturated carbocycles. The van der Waals surface area contributed by atoms with Crippen LogP contribution in [0.3, 0.4) is 0 Å². The van der Waals surface area contributed by atoms with Crippen LogP contribution in [0.25, 0.3) is 0 Å². The van der Waals surface area contributed by atoms with Crippen molar-refractivity contribution in [1.82, 2.24) is 0 Å². The van der Waals surface area contributed by atoms with Crippen molar-refractivity contribution in [2.75, 3.05) is 5.43 Å². The molecule has 10 heteroatoms. The van der Waals surface area contributed by atoms with Crippen LogP contribution in [0.4, 0.5) is 17.1 Å². The number of hydrogen-bond acceptors (Lipinski definition) is 7. The number of nitrogens with zero attached hydrogens (tertiary/aromatic N) is 3. The van der Waals surface area contributed by atoms with Crippen LogP contribution < -0.4 is 5.43 Å². The van der Waals surface area contributed by atoms with Crippen molar-refractivity contribution in [1.29, 1.82) is 0 Å². The highest BCUT2D eigenvalue weighted by Gasteiger charge is 2.51. The third-order valence-corrected chi connectivity index (χ3v) is 5.39. The predicted molar refractivity (Wildman–Crippen MR) is 105 cm³/mol. The highest BCUT2D eigenvalue weighted by atomic mass is 16.6. The fourth-order valence-corrected chi connectivity index (χ4v) is 3.75. The fraction of sp³-hybridized carbons (Fsp3) is 0.263. The summed E-state index contributed by atoms with van der Waals surface area (Å²) in [7, 11) is 0. The number of carboxylic acids is 1. The molecule has 2 aromatic carbocycles. The van der Waals surface area contributed by atoms with Crippen molar-refractivity contribution in [2.24, 2.45) is 11.0 Å². The summed E-state index contributed by atoms with van der Waals surface area (Å²) in [5.74, 6) is -1.41. The maximum Gasteiger partial charge on any atom is 0.314 e. The number of carboxylic acid groups (broad SMARTS) is 1. The minimum absolute atomic E-state index is 0.00663. The number of nitro benzene ring substituents is 2. The van der Waals surface area contributed by atoms with Crippen molar-refractivity contribution >= 4 is 28.7 Å². The number of rotatable bonds is 6. The topological polar surface area (TPSA) is 148 Å². The molecule has 0 amide bonds. The van der Waals surface area contributed by atoms with E-state index in [9.17, 15) is 30.1 Å². The van der Waals surface area contributed by atoms with E-state index in [0.717, 1.165) is 12.1 Å². The summed E-state index contributed by atoms with van der Waals surface area (Å²) in [6, 6.07) is 12.1. The normalized spacial score (nSPS) is 22.4. The number of aliphatic carboxylic acids is 1. The monoisotopic (exact) mass is 398 g/mol. The lowest BCUT2D eigenvalue weighted by Crippen LogP contribution is -2.39. The van der Waals surface area contributed by atoms with E-state index in [0.29, 0.717) is 24.1 Å². The molecular formula is C19H18N4O6. The molecule has 2 aromatic rings. The maximum atomic E-state index is 12.2. The summed E-state index contributed by atoms with van der Waals surface area (Å²) in [5, 5.41) is 36.3. The van der Waals surface area contributed by atoms with Crippen LogP contribution in [0.15, 0.2) is 53.6 Å². The molecule has 0 heterocycles. The Morgan fingerprint density at radius 1 is 1.17 bits per heavy atom. The molecule has 1 aliphatic rings. The van der Waals surface area contributed by atoms with Gasteiger partial charge in [0.05, 0.1) is 15.9 Å². The van der Waals surface area contributed by atoms with E-state index < -0.39 is 38.5 Å². The van der Waals surface area contributed by atoms with Gasteiger partial charge in [-0.15, -0.1) is 0 Å². The summed E-state index contributed by atoms with van der Waals surface area (Å²) in [5.41, 5.74) is 1.79. The second-order valence-electron chi connectivity index (χ2n) is 6.79. The summed E-state index contributed by atoms with van der Waals surface area (Å²) < 4.78 is 0. The van der Waals surface area contributed by atoms with E-state index in [1.54, 1.807) is 31.2 Å². The van der Waals surface area contributed by atoms with Gasteiger partial charge in [0, 0.05) is 17.7 Å². The quantitative estimate of drug-likeness (QED) is 0.556. The van der Waals surface area contributed by atoms with Gasteiger partial charge in [0.1, 0.15) is 11.1 Å². The molecule has 150 valence electrons. The molecule has 3 rings (SSSR count). The molecule has 0 aliphatic heterocycles. The van der Waals surface area contributed by atoms with E-state index in [1.165, 1.54) is 6.07 Å². The van der Waals surface area contributed by atoms with E-state index in [1.807, 2.05) is 6.07 Å². The van der Waals surface area contributed by atoms with E-state index >= 15 is 0 Å². The van der Waals surface area contributed by atoms with Crippen molar-refractivity contribution in [3.05, 3.63) is 74.3 Å². The van der Waals surface area contributed by atoms with E-state index in [2.05, 4.69) is 10.5 Å². The molecule has 2 N–H and O–H groups in total. The van der Waals surface area contributed by atoms with Crippen LogP contribution in [0.2, 0.25) is 0 Å². The molecular weight excluding hydrogens is 380 g/mol. The van der Waals surface area contributed by atoms with Crippen LogP contribution in [0, 0.1) is 26.1 Å². The summed E-state index contributed by atoms with van der Waals surface area (Å²) >= 11 is 0. The van der Waals surface area contributed by atoms with Gasteiger partial charge < -0.3 is 5.11 Å². The van der Waals surface area contributed by atoms with Gasteiger partial charge in [-0.2, -0.15) is 5.10 Å². The third-order valence-electron chi connectivity index (χ3n) is 5.39. The molecule has 29 heavy (non-hydrogen) atoms. The lowest BCUT2D eigenvalue weighted by Gasteiger charge is -2.29. The Labute approximate surface area is 165 Å². The molecule has 0 bridgehead atoms. The SMILES string of the molecule is C[C@H]1/C(=N\Nc2ccc([N+](=O)[O-])cc2[N+](=O)[O-])CC[C@@]1(C(=O)O)c1ccccc1.